The summed E-state index contributed by atoms with van der Waals surface area (Å²) in [6.45, 7) is 0. The largest absolute Gasteiger partial charge is 0.550 e. The number of carboxylic acids is 1. The zero-order valence-electron chi connectivity index (χ0n) is 13.9. The molecule has 0 radical (unpaired) electrons. The summed E-state index contributed by atoms with van der Waals surface area (Å²) in [6.07, 6.45) is 1.14. The summed E-state index contributed by atoms with van der Waals surface area (Å²) >= 11 is 6.36. The van der Waals surface area contributed by atoms with E-state index in [4.69, 9.17) is 12.2 Å². The van der Waals surface area contributed by atoms with E-state index >= 15 is 0 Å². The van der Waals surface area contributed by atoms with Gasteiger partial charge >= 0.3 is 0 Å². The van der Waals surface area contributed by atoms with Gasteiger partial charge in [-0.25, -0.2) is 0 Å². The fourth-order valence-corrected chi connectivity index (χ4v) is 4.08. The number of thiocarbonyl (C=S) groups is 1. The minimum atomic E-state index is -1.29. The van der Waals surface area contributed by atoms with Gasteiger partial charge in [-0.05, 0) is 29.3 Å². The van der Waals surface area contributed by atoms with Crippen molar-refractivity contribution in [2.75, 3.05) is 0 Å². The number of rotatable bonds is 5. The maximum absolute atomic E-state index is 12.9. The lowest BCUT2D eigenvalue weighted by Crippen LogP contribution is -2.37. The van der Waals surface area contributed by atoms with Crippen LogP contribution in [0.1, 0.15) is 23.6 Å². The molecule has 3 rings (SSSR count). The predicted octanol–water partition coefficient (Wildman–Crippen LogP) is 2.18. The molecule has 27 heavy (non-hydrogen) atoms. The van der Waals surface area contributed by atoms with Crippen LogP contribution in [0.2, 0.25) is 0 Å². The monoisotopic (exact) mass is 400 g/mol. The first-order valence-corrected chi connectivity index (χ1v) is 9.13. The predicted molar refractivity (Wildman–Crippen MR) is 104 cm³/mol. The van der Waals surface area contributed by atoms with E-state index in [9.17, 15) is 24.9 Å². The number of aromatic hydroxyl groups is 2. The summed E-state index contributed by atoms with van der Waals surface area (Å²) in [7, 11) is 0. The fourth-order valence-electron chi connectivity index (χ4n) is 2.72. The Balaban J connectivity index is 1.95. The lowest BCUT2D eigenvalue weighted by atomic mass is 10.0. The van der Waals surface area contributed by atoms with E-state index < -0.39 is 17.9 Å². The van der Waals surface area contributed by atoms with Crippen molar-refractivity contribution in [1.82, 2.24) is 4.90 Å². The van der Waals surface area contributed by atoms with Crippen LogP contribution < -0.4 is 5.11 Å². The van der Waals surface area contributed by atoms with Gasteiger partial charge in [-0.1, -0.05) is 60.4 Å². The first-order valence-electron chi connectivity index (χ1n) is 7.90. The molecular formula is C19H14NO5S2-. The Hall–Kier alpha value is -2.84. The van der Waals surface area contributed by atoms with Crippen molar-refractivity contribution in [3.8, 4) is 11.5 Å². The van der Waals surface area contributed by atoms with E-state index in [0.29, 0.717) is 16.0 Å². The number of benzene rings is 2. The summed E-state index contributed by atoms with van der Waals surface area (Å²) < 4.78 is 0.240. The molecule has 2 aromatic rings. The number of carbonyl (C=O) groups excluding carboxylic acids is 2. The summed E-state index contributed by atoms with van der Waals surface area (Å²) in [5, 5.41) is 30.2. The lowest BCUT2D eigenvalue weighted by molar-refractivity contribution is -0.306. The molecule has 1 amide bonds. The van der Waals surface area contributed by atoms with Gasteiger partial charge < -0.3 is 20.1 Å². The molecule has 1 fully saturated rings. The number of aliphatic carboxylic acids is 1. The van der Waals surface area contributed by atoms with Crippen molar-refractivity contribution in [2.45, 2.75) is 12.5 Å². The Morgan fingerprint density at radius 1 is 1.19 bits per heavy atom. The summed E-state index contributed by atoms with van der Waals surface area (Å²) in [6, 6.07) is 12.2. The maximum Gasteiger partial charge on any atom is 0.266 e. The molecule has 2 aromatic carbocycles. The Labute approximate surface area is 164 Å². The fraction of sp³-hybridized carbons (Fsp3) is 0.105. The van der Waals surface area contributed by atoms with Crippen LogP contribution in [0.3, 0.4) is 0 Å². The topological polar surface area (TPSA) is 101 Å². The number of phenols is 2. The summed E-state index contributed by atoms with van der Waals surface area (Å²) in [5.41, 5.74) is 1.14. The van der Waals surface area contributed by atoms with Gasteiger partial charge in [0.05, 0.1) is 10.9 Å². The van der Waals surface area contributed by atoms with Gasteiger partial charge in [-0.3, -0.25) is 9.69 Å². The summed E-state index contributed by atoms with van der Waals surface area (Å²) in [5.74, 6) is -2.28. The molecule has 0 unspecified atom stereocenters. The van der Waals surface area contributed by atoms with Gasteiger partial charge in [0.2, 0.25) is 0 Å². The molecule has 1 heterocycles. The van der Waals surface area contributed by atoms with Gasteiger partial charge in [0.25, 0.3) is 5.91 Å². The minimum Gasteiger partial charge on any atom is -0.550 e. The normalized spacial score (nSPS) is 16.7. The number of amides is 1. The number of phenolic OH excluding ortho intramolecular Hbond substituents is 2. The maximum atomic E-state index is 12.9. The van der Waals surface area contributed by atoms with Crippen LogP contribution in [0.15, 0.2) is 53.4 Å². The van der Waals surface area contributed by atoms with Crippen LogP contribution in [0, 0.1) is 0 Å². The molecule has 0 spiro atoms. The van der Waals surface area contributed by atoms with E-state index in [1.165, 1.54) is 29.2 Å². The minimum absolute atomic E-state index is 0.240. The Bertz CT molecular complexity index is 942. The number of carboxylic acid groups (broad SMARTS) is 1. The first kappa shape index (κ1) is 18.9. The van der Waals surface area contributed by atoms with Crippen molar-refractivity contribution in [3.05, 3.63) is 64.6 Å². The molecule has 1 aliphatic rings. The van der Waals surface area contributed by atoms with Gasteiger partial charge in [0.1, 0.15) is 4.32 Å². The average molecular weight is 400 g/mol. The molecular weight excluding hydrogens is 386 g/mol. The highest BCUT2D eigenvalue weighted by Gasteiger charge is 2.37. The average Bonchev–Trinajstić information content (AvgIpc) is 2.90. The molecule has 0 aliphatic carbocycles. The third kappa shape index (κ3) is 4.12. The highest BCUT2D eigenvalue weighted by molar-refractivity contribution is 8.26. The highest BCUT2D eigenvalue weighted by Crippen LogP contribution is 2.39. The standard InChI is InChI=1S/C19H15NO5S2/c21-14-7-6-11(8-15(14)22)9-16-18(25)20(19(26)27-16)13(10-17(23)24)12-4-2-1-3-5-12/h1-9,13,21-22H,10H2,(H,23,24)/p-1/b16-9-/t13-/m0/s1. The highest BCUT2D eigenvalue weighted by atomic mass is 32.2. The van der Waals surface area contributed by atoms with Gasteiger partial charge in [0.15, 0.2) is 11.5 Å². The SMILES string of the molecule is O=C([O-])C[C@@H](c1ccccc1)N1C(=O)/C(=C/c2ccc(O)c(O)c2)SC1=S. The number of nitrogens with zero attached hydrogens (tertiary/aromatic N) is 1. The molecule has 0 saturated carbocycles. The lowest BCUT2D eigenvalue weighted by Gasteiger charge is -2.27. The van der Waals surface area contributed by atoms with Crippen LogP contribution in [0.25, 0.3) is 6.08 Å². The van der Waals surface area contributed by atoms with Crippen molar-refractivity contribution < 1.29 is 24.9 Å². The zero-order valence-corrected chi connectivity index (χ0v) is 15.5. The van der Waals surface area contributed by atoms with Crippen LogP contribution in [0.5, 0.6) is 11.5 Å². The van der Waals surface area contributed by atoms with Gasteiger partial charge in [-0.2, -0.15) is 0 Å². The van der Waals surface area contributed by atoms with Crippen LogP contribution in [-0.2, 0) is 9.59 Å². The molecule has 2 N–H and O–H groups in total. The van der Waals surface area contributed by atoms with Gasteiger partial charge in [0, 0.05) is 12.4 Å². The second-order valence-electron chi connectivity index (χ2n) is 5.80. The Kier molecular flexibility index (Phi) is 5.48. The number of thioether (sulfide) groups is 1. The Morgan fingerprint density at radius 2 is 1.89 bits per heavy atom. The second-order valence-corrected chi connectivity index (χ2v) is 7.48. The molecule has 0 aromatic heterocycles. The van der Waals surface area contributed by atoms with Crippen LogP contribution in [-0.4, -0.2) is 31.3 Å². The zero-order chi connectivity index (χ0) is 19.6. The van der Waals surface area contributed by atoms with Crippen molar-refractivity contribution in [3.63, 3.8) is 0 Å². The van der Waals surface area contributed by atoms with Crippen molar-refractivity contribution in [1.29, 1.82) is 0 Å². The quantitative estimate of drug-likeness (QED) is 0.451. The Morgan fingerprint density at radius 3 is 2.52 bits per heavy atom. The summed E-state index contributed by atoms with van der Waals surface area (Å²) in [4.78, 5) is 25.7. The van der Waals surface area contributed by atoms with E-state index in [0.717, 1.165) is 11.8 Å². The number of hydrogen-bond donors (Lipinski definition) is 2. The van der Waals surface area contributed by atoms with Gasteiger partial charge in [-0.15, -0.1) is 0 Å². The van der Waals surface area contributed by atoms with E-state index in [1.807, 2.05) is 0 Å². The molecule has 1 atom stereocenters. The second kappa shape index (κ2) is 7.81. The number of carbonyl (C=O) groups is 2. The van der Waals surface area contributed by atoms with E-state index in [-0.39, 0.29) is 22.2 Å². The molecule has 138 valence electrons. The molecule has 8 heteroatoms. The van der Waals surface area contributed by atoms with E-state index in [1.54, 1.807) is 30.3 Å². The molecule has 1 aliphatic heterocycles. The van der Waals surface area contributed by atoms with Crippen molar-refractivity contribution in [2.24, 2.45) is 0 Å². The third-order valence-electron chi connectivity index (χ3n) is 3.98. The molecule has 1 saturated heterocycles. The molecule has 6 nitrogen and oxygen atoms in total. The third-order valence-corrected chi connectivity index (χ3v) is 5.31. The molecule has 0 bridgehead atoms. The van der Waals surface area contributed by atoms with Crippen LogP contribution >= 0.6 is 24.0 Å². The van der Waals surface area contributed by atoms with Crippen LogP contribution in [0.4, 0.5) is 0 Å². The smallest absolute Gasteiger partial charge is 0.266 e. The van der Waals surface area contributed by atoms with Crippen molar-refractivity contribution >= 4 is 46.3 Å². The number of hydrogen-bond acceptors (Lipinski definition) is 7. The first-order chi connectivity index (χ1) is 12.9. The van der Waals surface area contributed by atoms with E-state index in [2.05, 4.69) is 0 Å².